The Morgan fingerprint density at radius 1 is 1.10 bits per heavy atom. The molecule has 31 heavy (non-hydrogen) atoms. The van der Waals surface area contributed by atoms with E-state index in [4.69, 9.17) is 4.98 Å². The summed E-state index contributed by atoms with van der Waals surface area (Å²) in [5, 5.41) is 9.67. The predicted octanol–water partition coefficient (Wildman–Crippen LogP) is 5.02. The minimum Gasteiger partial charge on any atom is -0.342 e. The van der Waals surface area contributed by atoms with Gasteiger partial charge in [-0.1, -0.05) is 0 Å². The summed E-state index contributed by atoms with van der Waals surface area (Å²) in [5.41, 5.74) is 3.31. The molecular weight excluding hydrogens is 428 g/mol. The zero-order valence-corrected chi connectivity index (χ0v) is 18.8. The Bertz CT molecular complexity index is 1380. The number of nitrogens with one attached hydrogen (secondary N) is 2. The van der Waals surface area contributed by atoms with Gasteiger partial charge in [0, 0.05) is 26.4 Å². The lowest BCUT2D eigenvalue weighted by molar-refractivity contribution is 0.0938. The number of H-pyrrole nitrogens is 1. The first-order chi connectivity index (χ1) is 15.0. The quantitative estimate of drug-likeness (QED) is 0.395. The molecule has 5 heterocycles. The summed E-state index contributed by atoms with van der Waals surface area (Å²) in [6.07, 6.45) is 5.17. The predicted molar refractivity (Wildman–Crippen MR) is 124 cm³/mol. The van der Waals surface area contributed by atoms with Gasteiger partial charge in [0.15, 0.2) is 0 Å². The zero-order valence-electron chi connectivity index (χ0n) is 17.2. The molecule has 0 spiro atoms. The van der Waals surface area contributed by atoms with Crippen molar-refractivity contribution in [1.82, 2.24) is 29.9 Å². The Hall–Kier alpha value is -3.30. The van der Waals surface area contributed by atoms with Crippen molar-refractivity contribution < 1.29 is 4.79 Å². The van der Waals surface area contributed by atoms with Gasteiger partial charge in [0.2, 0.25) is 0 Å². The van der Waals surface area contributed by atoms with Crippen LogP contribution in [0, 0.1) is 13.8 Å². The molecule has 0 aliphatic rings. The molecule has 5 aromatic rings. The molecule has 9 heteroatoms. The number of rotatable bonds is 5. The van der Waals surface area contributed by atoms with Crippen LogP contribution in [0.25, 0.3) is 26.7 Å². The lowest BCUT2D eigenvalue weighted by Crippen LogP contribution is -2.27. The van der Waals surface area contributed by atoms with Crippen LogP contribution in [0.3, 0.4) is 0 Å². The molecule has 5 aromatic heterocycles. The fourth-order valence-electron chi connectivity index (χ4n) is 3.50. The Kier molecular flexibility index (Phi) is 4.91. The first-order valence-electron chi connectivity index (χ1n) is 9.80. The monoisotopic (exact) mass is 448 g/mol. The summed E-state index contributed by atoms with van der Waals surface area (Å²) in [6, 6.07) is 9.98. The number of fused-ring (bicyclic) bond motifs is 1. The third-order valence-electron chi connectivity index (χ3n) is 5.06. The third-order valence-corrected chi connectivity index (χ3v) is 7.12. The van der Waals surface area contributed by atoms with Crippen LogP contribution in [-0.4, -0.2) is 30.5 Å². The molecule has 0 saturated heterocycles. The van der Waals surface area contributed by atoms with Crippen molar-refractivity contribution in [2.45, 2.75) is 26.8 Å². The molecule has 2 N–H and O–H groups in total. The van der Waals surface area contributed by atoms with Gasteiger partial charge in [-0.25, -0.2) is 9.97 Å². The largest absolute Gasteiger partial charge is 0.342 e. The Morgan fingerprint density at radius 3 is 2.48 bits per heavy atom. The van der Waals surface area contributed by atoms with Crippen molar-refractivity contribution in [2.75, 3.05) is 0 Å². The molecule has 5 rings (SSSR count). The van der Waals surface area contributed by atoms with Crippen LogP contribution in [0.5, 0.6) is 0 Å². The number of aromatic amines is 1. The summed E-state index contributed by atoms with van der Waals surface area (Å²) >= 11 is 3.40. The maximum atomic E-state index is 13.2. The van der Waals surface area contributed by atoms with E-state index in [-0.39, 0.29) is 11.9 Å². The number of carbonyl (C=O) groups excluding carboxylic acids is 1. The van der Waals surface area contributed by atoms with Crippen molar-refractivity contribution >= 4 is 34.2 Å². The van der Waals surface area contributed by atoms with Gasteiger partial charge in [-0.05, 0) is 51.1 Å². The first kappa shape index (κ1) is 19.7. The number of amides is 1. The molecule has 0 aliphatic heterocycles. The van der Waals surface area contributed by atoms with Gasteiger partial charge < -0.3 is 5.32 Å². The summed E-state index contributed by atoms with van der Waals surface area (Å²) < 4.78 is 2.02. The molecule has 0 aliphatic carbocycles. The molecule has 7 nitrogen and oxygen atoms in total. The molecule has 0 bridgehead atoms. The van der Waals surface area contributed by atoms with Crippen molar-refractivity contribution in [3.05, 3.63) is 70.2 Å². The Balaban J connectivity index is 1.63. The van der Waals surface area contributed by atoms with E-state index >= 15 is 0 Å². The first-order valence-corrected chi connectivity index (χ1v) is 11.4. The van der Waals surface area contributed by atoms with Gasteiger partial charge in [-0.2, -0.15) is 5.10 Å². The fraction of sp³-hybridized carbons (Fsp3) is 0.182. The number of imidazole rings is 1. The molecule has 156 valence electrons. The Labute approximate surface area is 186 Å². The number of pyridine rings is 1. The van der Waals surface area contributed by atoms with Gasteiger partial charge >= 0.3 is 0 Å². The van der Waals surface area contributed by atoms with E-state index in [1.807, 2.05) is 29.8 Å². The van der Waals surface area contributed by atoms with Crippen molar-refractivity contribution in [2.24, 2.45) is 0 Å². The second-order valence-corrected chi connectivity index (χ2v) is 9.94. The third kappa shape index (κ3) is 3.66. The van der Waals surface area contributed by atoms with Crippen LogP contribution in [0.2, 0.25) is 0 Å². The SMILES string of the molecule is Cc1ccc(-c2cc(C(=O)NC(C)c3ncn[nH]3)cn3c(-c4ccc(C)s4)cnc23)s1. The summed E-state index contributed by atoms with van der Waals surface area (Å²) in [5.74, 6) is 0.434. The minimum atomic E-state index is -0.291. The summed E-state index contributed by atoms with van der Waals surface area (Å²) in [7, 11) is 0. The Morgan fingerprint density at radius 2 is 1.84 bits per heavy atom. The highest BCUT2D eigenvalue weighted by Gasteiger charge is 2.19. The maximum Gasteiger partial charge on any atom is 0.253 e. The molecule has 0 radical (unpaired) electrons. The fourth-order valence-corrected chi connectivity index (χ4v) is 5.25. The number of carbonyl (C=O) groups is 1. The average molecular weight is 449 g/mol. The van der Waals surface area contributed by atoms with Crippen molar-refractivity contribution in [3.8, 4) is 21.0 Å². The van der Waals surface area contributed by atoms with E-state index < -0.39 is 0 Å². The van der Waals surface area contributed by atoms with E-state index in [1.54, 1.807) is 22.7 Å². The van der Waals surface area contributed by atoms with Gasteiger partial charge in [-0.3, -0.25) is 14.3 Å². The summed E-state index contributed by atoms with van der Waals surface area (Å²) in [4.78, 5) is 26.6. The lowest BCUT2D eigenvalue weighted by atomic mass is 10.1. The molecule has 1 atom stereocenters. The molecular formula is C22H20N6OS2. The van der Waals surface area contributed by atoms with Gasteiger partial charge in [-0.15, -0.1) is 22.7 Å². The van der Waals surface area contributed by atoms with Crippen LogP contribution in [0.15, 0.2) is 49.1 Å². The number of hydrogen-bond donors (Lipinski definition) is 2. The highest BCUT2D eigenvalue weighted by molar-refractivity contribution is 7.15. The molecule has 1 unspecified atom stereocenters. The van der Waals surface area contributed by atoms with Crippen LogP contribution < -0.4 is 5.32 Å². The number of thiophene rings is 2. The number of hydrogen-bond acceptors (Lipinski definition) is 6. The van der Waals surface area contributed by atoms with Crippen molar-refractivity contribution in [3.63, 3.8) is 0 Å². The van der Waals surface area contributed by atoms with Gasteiger partial charge in [0.25, 0.3) is 5.91 Å². The van der Waals surface area contributed by atoms with E-state index in [1.165, 1.54) is 16.1 Å². The number of nitrogens with zero attached hydrogens (tertiary/aromatic N) is 4. The highest BCUT2D eigenvalue weighted by atomic mass is 32.1. The number of aryl methyl sites for hydroxylation is 2. The van der Waals surface area contributed by atoms with Crippen LogP contribution in [-0.2, 0) is 0 Å². The normalized spacial score (nSPS) is 12.4. The average Bonchev–Trinajstić information content (AvgIpc) is 3.54. The second kappa shape index (κ2) is 7.75. The van der Waals surface area contributed by atoms with E-state index in [2.05, 4.69) is 58.6 Å². The molecule has 1 amide bonds. The smallest absolute Gasteiger partial charge is 0.253 e. The topological polar surface area (TPSA) is 88.0 Å². The van der Waals surface area contributed by atoms with Crippen LogP contribution >= 0.6 is 22.7 Å². The number of aromatic nitrogens is 5. The second-order valence-electron chi connectivity index (χ2n) is 7.37. The van der Waals surface area contributed by atoms with Crippen LogP contribution in [0.4, 0.5) is 0 Å². The standard InChI is InChI=1S/C22H20N6OS2/c1-12-4-6-18(30-12)16-8-15(22(29)26-14(3)20-24-11-25-27-20)10-28-17(9-23-21(16)28)19-7-5-13(2)31-19/h4-11,14H,1-3H3,(H,26,29)(H,24,25,27). The highest BCUT2D eigenvalue weighted by Crippen LogP contribution is 2.35. The molecule has 0 fully saturated rings. The minimum absolute atomic E-state index is 0.178. The van der Waals surface area contributed by atoms with E-state index in [0.29, 0.717) is 11.4 Å². The van der Waals surface area contributed by atoms with Gasteiger partial charge in [0.1, 0.15) is 17.8 Å². The molecule has 0 saturated carbocycles. The molecule has 0 aromatic carbocycles. The van der Waals surface area contributed by atoms with E-state index in [0.717, 1.165) is 26.7 Å². The van der Waals surface area contributed by atoms with Crippen LogP contribution in [0.1, 0.15) is 38.9 Å². The lowest BCUT2D eigenvalue weighted by Gasteiger charge is -2.13. The maximum absolute atomic E-state index is 13.2. The van der Waals surface area contributed by atoms with Crippen molar-refractivity contribution in [1.29, 1.82) is 0 Å². The van der Waals surface area contributed by atoms with Gasteiger partial charge in [0.05, 0.1) is 28.4 Å². The zero-order chi connectivity index (χ0) is 21.5. The summed E-state index contributed by atoms with van der Waals surface area (Å²) in [6.45, 7) is 6.03. The van der Waals surface area contributed by atoms with E-state index in [9.17, 15) is 4.79 Å².